The fourth-order valence-corrected chi connectivity index (χ4v) is 0. The molecule has 0 spiro atoms. The minimum atomic E-state index is -1.08. The van der Waals surface area contributed by atoms with Gasteiger partial charge in [0.05, 0.1) is 0 Å². The third-order valence-electron chi connectivity index (χ3n) is 0. The predicted octanol–water partition coefficient (Wildman–Crippen LogP) is -3.26. The van der Waals surface area contributed by atoms with Crippen molar-refractivity contribution >= 4 is 35.0 Å². The van der Waals surface area contributed by atoms with Crippen molar-refractivity contribution in [3.05, 3.63) is 0 Å². The van der Waals surface area contributed by atoms with Crippen LogP contribution in [0.3, 0.4) is 0 Å². The van der Waals surface area contributed by atoms with Gasteiger partial charge in [0, 0.05) is 19.0 Å². The van der Waals surface area contributed by atoms with Crippen molar-refractivity contribution in [3.63, 3.8) is 0 Å². The van der Waals surface area contributed by atoms with Crippen LogP contribution in [-0.2, 0) is 9.59 Å². The molecule has 11 heavy (non-hydrogen) atoms. The molecule has 0 unspecified atom stereocenters. The molecule has 0 aliphatic rings. The molecule has 0 aliphatic carbocycles. The average Bonchev–Trinajstić information content (AvgIpc) is 1.66. The van der Waals surface area contributed by atoms with E-state index in [2.05, 4.69) is 0 Å². The quantitative estimate of drug-likeness (QED) is 0.389. The molecule has 0 aromatic heterocycles. The molecule has 0 saturated heterocycles. The van der Waals surface area contributed by atoms with Crippen LogP contribution < -0.4 is 10.2 Å². The third-order valence-corrected chi connectivity index (χ3v) is 0. The summed E-state index contributed by atoms with van der Waals surface area (Å²) in [5, 5.41) is 24.8. The molecule has 0 heterocycles. The molecule has 0 amide bonds. The first-order valence-electron chi connectivity index (χ1n) is 2.26. The van der Waals surface area contributed by atoms with Gasteiger partial charge in [0.25, 0.3) is 0 Å². The second-order valence-corrected chi connectivity index (χ2v) is 0.983. The van der Waals surface area contributed by atoms with Gasteiger partial charge in [-0.05, 0) is 13.8 Å². The molecule has 6 heteroatoms. The van der Waals surface area contributed by atoms with Crippen molar-refractivity contribution in [2.24, 2.45) is 0 Å². The fraction of sp³-hybridized carbons (Fsp3) is 0.600. The van der Waals surface area contributed by atoms with E-state index < -0.39 is 11.9 Å². The molecule has 62 valence electrons. The van der Waals surface area contributed by atoms with Crippen molar-refractivity contribution in [2.45, 2.75) is 13.8 Å². The molecule has 0 aromatic rings. The van der Waals surface area contributed by atoms with Gasteiger partial charge in [0.2, 0.25) is 0 Å². The number of aliphatic hydroxyl groups is 1. The van der Waals surface area contributed by atoms with Crippen LogP contribution in [0.5, 0.6) is 0 Å². The number of carboxylic acids is 2. The summed E-state index contributed by atoms with van der Waals surface area (Å²) in [4.78, 5) is 17.8. The summed E-state index contributed by atoms with van der Waals surface area (Å²) in [6, 6.07) is 0. The Balaban J connectivity index is -0.0000000339. The molecule has 0 aliphatic heterocycles. The van der Waals surface area contributed by atoms with E-state index in [0.29, 0.717) is 0 Å². The van der Waals surface area contributed by atoms with Gasteiger partial charge in [-0.2, -0.15) is 0 Å². The number of carboxylic acid groups (broad SMARTS) is 2. The Labute approximate surface area is 81.2 Å². The van der Waals surface area contributed by atoms with E-state index in [4.69, 9.17) is 24.9 Å². The van der Waals surface area contributed by atoms with Gasteiger partial charge < -0.3 is 24.9 Å². The first kappa shape index (κ1) is 22.4. The third kappa shape index (κ3) is 5100. The number of aliphatic hydroxyl groups excluding tert-OH is 1. The molecule has 0 saturated carbocycles. The maximum Gasteiger partial charge on any atom is 2.00 e. The van der Waals surface area contributed by atoms with E-state index in [1.54, 1.807) is 0 Å². The molecule has 1 N–H and O–H groups in total. The average molecular weight is 174 g/mol. The van der Waals surface area contributed by atoms with Crippen molar-refractivity contribution in [1.29, 1.82) is 0 Å². The Hall–Kier alpha value is -0.334. The van der Waals surface area contributed by atoms with Gasteiger partial charge in [0.1, 0.15) is 0 Å². The van der Waals surface area contributed by atoms with Gasteiger partial charge in [0.15, 0.2) is 0 Å². The van der Waals surface area contributed by atoms with Crippen LogP contribution in [0.1, 0.15) is 13.8 Å². The van der Waals surface area contributed by atoms with Crippen molar-refractivity contribution in [1.82, 2.24) is 0 Å². The number of carbonyl (C=O) groups is 2. The molecule has 0 bridgehead atoms. The number of hydrogen-bond donors (Lipinski definition) is 1. The van der Waals surface area contributed by atoms with Gasteiger partial charge in [-0.1, -0.05) is 0 Å². The summed E-state index contributed by atoms with van der Waals surface area (Å²) in [6.07, 6.45) is 0. The summed E-state index contributed by atoms with van der Waals surface area (Å²) in [6.45, 7) is 1.94. The molecule has 0 fully saturated rings. The van der Waals surface area contributed by atoms with E-state index in [0.717, 1.165) is 21.0 Å². The Morgan fingerprint density at radius 1 is 1.00 bits per heavy atom. The van der Waals surface area contributed by atoms with Crippen LogP contribution in [0.25, 0.3) is 0 Å². The molecule has 0 rings (SSSR count). The fourth-order valence-electron chi connectivity index (χ4n) is 0. The van der Waals surface area contributed by atoms with E-state index in [1.165, 1.54) is 0 Å². The zero-order valence-electron chi connectivity index (χ0n) is 6.79. The molecular weight excluding hydrogens is 164 g/mol. The Morgan fingerprint density at radius 2 is 1.00 bits per heavy atom. The first-order valence-corrected chi connectivity index (χ1v) is 2.26. The minimum Gasteiger partial charge on any atom is -0.550 e. The second-order valence-electron chi connectivity index (χ2n) is 0.983. The zero-order chi connectivity index (χ0) is 9.15. The largest absolute Gasteiger partial charge is 2.00 e. The Kier molecular flexibility index (Phi) is 46.1. The normalized spacial score (nSPS) is 5.09. The van der Waals surface area contributed by atoms with Crippen molar-refractivity contribution in [3.8, 4) is 0 Å². The maximum absolute atomic E-state index is 8.89. The Morgan fingerprint density at radius 3 is 1.00 bits per heavy atom. The number of rotatable bonds is 0. The van der Waals surface area contributed by atoms with Crippen LogP contribution in [0.2, 0.25) is 0 Å². The van der Waals surface area contributed by atoms with Crippen LogP contribution in [-0.4, -0.2) is 47.2 Å². The number of carbonyl (C=O) groups excluding carboxylic acids is 2. The zero-order valence-corrected chi connectivity index (χ0v) is 8.20. The molecule has 5 nitrogen and oxygen atoms in total. The predicted molar refractivity (Wildman–Crippen MR) is 35.3 cm³/mol. The summed E-state index contributed by atoms with van der Waals surface area (Å²) in [7, 11) is 1.00. The summed E-state index contributed by atoms with van der Waals surface area (Å²) in [5.41, 5.74) is 0. The van der Waals surface area contributed by atoms with Crippen LogP contribution in [0, 0.1) is 0 Å². The van der Waals surface area contributed by atoms with Crippen molar-refractivity contribution < 1.29 is 24.9 Å². The van der Waals surface area contributed by atoms with Gasteiger partial charge in [-0.15, -0.1) is 0 Å². The van der Waals surface area contributed by atoms with E-state index in [1.807, 2.05) is 0 Å². The van der Waals surface area contributed by atoms with Crippen LogP contribution in [0.15, 0.2) is 0 Å². The van der Waals surface area contributed by atoms with Crippen molar-refractivity contribution in [2.75, 3.05) is 7.11 Å². The number of hydrogen-bond acceptors (Lipinski definition) is 5. The van der Waals surface area contributed by atoms with Gasteiger partial charge in [-0.3, -0.25) is 0 Å². The van der Waals surface area contributed by atoms with E-state index in [-0.39, 0.29) is 23.1 Å². The van der Waals surface area contributed by atoms with Gasteiger partial charge >= 0.3 is 23.1 Å². The molecule has 0 aromatic carbocycles. The van der Waals surface area contributed by atoms with E-state index in [9.17, 15) is 0 Å². The standard InChI is InChI=1S/2C2H4O2.CH4O.Mg/c2*1-2(3)4;1-2;/h2*1H3,(H,3,4);2H,1H3;/q;;;+2/p-2. The smallest absolute Gasteiger partial charge is 0.550 e. The Bertz CT molecular complexity index is 72.9. The monoisotopic (exact) mass is 174 g/mol. The summed E-state index contributed by atoms with van der Waals surface area (Å²) >= 11 is 0. The topological polar surface area (TPSA) is 100 Å². The first-order chi connectivity index (χ1) is 4.46. The molecule has 0 atom stereocenters. The summed E-state index contributed by atoms with van der Waals surface area (Å²) < 4.78 is 0. The van der Waals surface area contributed by atoms with E-state index >= 15 is 0 Å². The maximum atomic E-state index is 8.89. The van der Waals surface area contributed by atoms with Crippen LogP contribution >= 0.6 is 0 Å². The SMILES string of the molecule is CC(=O)[O-].CC(=O)[O-].CO.[Mg+2]. The summed E-state index contributed by atoms with van der Waals surface area (Å²) in [5.74, 6) is -2.17. The minimum absolute atomic E-state index is 0. The molecular formula is C5H10MgO5. The molecule has 0 radical (unpaired) electrons. The second kappa shape index (κ2) is 22.6. The van der Waals surface area contributed by atoms with Crippen LogP contribution in [0.4, 0.5) is 0 Å². The van der Waals surface area contributed by atoms with Gasteiger partial charge in [-0.25, -0.2) is 0 Å². The number of aliphatic carboxylic acids is 2.